The summed E-state index contributed by atoms with van der Waals surface area (Å²) in [6.45, 7) is 0.345. The van der Waals surface area contributed by atoms with Gasteiger partial charge in [-0.15, -0.1) is 0 Å². The summed E-state index contributed by atoms with van der Waals surface area (Å²) in [6.07, 6.45) is 0. The predicted octanol–water partition coefficient (Wildman–Crippen LogP) is 1.31. The van der Waals surface area contributed by atoms with E-state index in [1.807, 2.05) is 30.1 Å². The zero-order valence-corrected chi connectivity index (χ0v) is 9.80. The normalized spacial score (nSPS) is 14.3. The second-order valence-corrected chi connectivity index (χ2v) is 4.25. The summed E-state index contributed by atoms with van der Waals surface area (Å²) in [6, 6.07) is 7.34. The summed E-state index contributed by atoms with van der Waals surface area (Å²) in [5.41, 5.74) is 8.84. The van der Waals surface area contributed by atoms with Crippen LogP contribution in [0.25, 0.3) is 11.3 Å². The Morgan fingerprint density at radius 3 is 3.00 bits per heavy atom. The number of nitrogens with zero attached hydrogens (tertiary/aromatic N) is 2. The molecule has 18 heavy (non-hydrogen) atoms. The van der Waals surface area contributed by atoms with Gasteiger partial charge in [-0.25, -0.2) is 0 Å². The van der Waals surface area contributed by atoms with Crippen LogP contribution in [0, 0.1) is 0 Å². The molecule has 1 aliphatic heterocycles. The van der Waals surface area contributed by atoms with Crippen LogP contribution >= 0.6 is 0 Å². The Balaban J connectivity index is 2.05. The number of hydrogen-bond acceptors (Lipinski definition) is 5. The first-order chi connectivity index (χ1) is 8.63. The number of carbonyl (C=O) groups excluding carboxylic acids is 1. The van der Waals surface area contributed by atoms with Crippen molar-refractivity contribution in [2.75, 3.05) is 29.5 Å². The van der Waals surface area contributed by atoms with Gasteiger partial charge in [-0.3, -0.25) is 4.79 Å². The molecule has 2 heterocycles. The van der Waals surface area contributed by atoms with Crippen LogP contribution in [0.1, 0.15) is 0 Å². The fourth-order valence-electron chi connectivity index (χ4n) is 2.03. The van der Waals surface area contributed by atoms with E-state index in [1.165, 1.54) is 0 Å². The molecule has 6 heteroatoms. The van der Waals surface area contributed by atoms with Crippen molar-refractivity contribution >= 4 is 23.2 Å². The first kappa shape index (κ1) is 10.6. The van der Waals surface area contributed by atoms with Crippen molar-refractivity contribution in [2.45, 2.75) is 0 Å². The molecule has 6 nitrogen and oxygen atoms in total. The maximum absolute atomic E-state index is 11.4. The number of hydrogen-bond donors (Lipinski definition) is 2. The largest absolute Gasteiger partial charge is 0.368 e. The molecule has 1 aromatic carbocycles. The van der Waals surface area contributed by atoms with E-state index in [2.05, 4.69) is 10.5 Å². The van der Waals surface area contributed by atoms with Crippen LogP contribution in [0.5, 0.6) is 0 Å². The van der Waals surface area contributed by atoms with Crippen molar-refractivity contribution in [1.82, 2.24) is 5.16 Å². The molecule has 0 saturated carbocycles. The zero-order chi connectivity index (χ0) is 12.7. The number of benzene rings is 1. The average molecular weight is 244 g/mol. The molecule has 0 unspecified atom stereocenters. The molecule has 1 amide bonds. The maximum Gasteiger partial charge on any atom is 0.243 e. The van der Waals surface area contributed by atoms with Crippen LogP contribution in [0.15, 0.2) is 28.8 Å². The molecule has 0 bridgehead atoms. The number of amides is 1. The van der Waals surface area contributed by atoms with Gasteiger partial charge < -0.3 is 20.5 Å². The molecule has 0 spiro atoms. The fourth-order valence-corrected chi connectivity index (χ4v) is 2.03. The Kier molecular flexibility index (Phi) is 2.22. The average Bonchev–Trinajstić information content (AvgIpc) is 2.75. The van der Waals surface area contributed by atoms with E-state index in [4.69, 9.17) is 10.3 Å². The lowest BCUT2D eigenvalue weighted by atomic mass is 10.1. The van der Waals surface area contributed by atoms with Gasteiger partial charge in [-0.1, -0.05) is 11.2 Å². The summed E-state index contributed by atoms with van der Waals surface area (Å²) in [5.74, 6) is 0.271. The molecule has 0 radical (unpaired) electrons. The lowest BCUT2D eigenvalue weighted by Gasteiger charge is -2.27. The predicted molar refractivity (Wildman–Crippen MR) is 68.3 cm³/mol. The van der Waals surface area contributed by atoms with Crippen molar-refractivity contribution in [1.29, 1.82) is 0 Å². The molecular formula is C12H12N4O2. The van der Waals surface area contributed by atoms with E-state index in [9.17, 15) is 4.79 Å². The smallest absolute Gasteiger partial charge is 0.243 e. The van der Waals surface area contributed by atoms with E-state index in [0.29, 0.717) is 12.2 Å². The minimum Gasteiger partial charge on any atom is -0.368 e. The topological polar surface area (TPSA) is 84.4 Å². The minimum absolute atomic E-state index is 0.0107. The number of likely N-dealkylation sites (N-methyl/N-ethyl adjacent to an activating group) is 1. The van der Waals surface area contributed by atoms with Crippen molar-refractivity contribution in [3.8, 4) is 11.3 Å². The molecule has 2 aromatic rings. The first-order valence-corrected chi connectivity index (χ1v) is 5.51. The van der Waals surface area contributed by atoms with Gasteiger partial charge in [0, 0.05) is 18.7 Å². The number of rotatable bonds is 1. The third kappa shape index (κ3) is 1.67. The van der Waals surface area contributed by atoms with Gasteiger partial charge in [0.15, 0.2) is 0 Å². The monoisotopic (exact) mass is 244 g/mol. The maximum atomic E-state index is 11.4. The Hall–Kier alpha value is -2.50. The zero-order valence-electron chi connectivity index (χ0n) is 9.80. The highest BCUT2D eigenvalue weighted by Crippen LogP contribution is 2.33. The Morgan fingerprint density at radius 2 is 2.28 bits per heavy atom. The summed E-state index contributed by atoms with van der Waals surface area (Å²) in [4.78, 5) is 13.3. The number of carbonyl (C=O) groups is 1. The van der Waals surface area contributed by atoms with Crippen LogP contribution in [-0.2, 0) is 4.79 Å². The standard InChI is InChI=1S/C12H12N4O2/c1-16-6-12(17)14-8-3-2-7(4-10(8)16)9-5-11(13)18-15-9/h2-5H,6,13H2,1H3,(H,14,17). The highest BCUT2D eigenvalue weighted by Gasteiger charge is 2.19. The van der Waals surface area contributed by atoms with E-state index in [-0.39, 0.29) is 11.8 Å². The van der Waals surface area contributed by atoms with E-state index < -0.39 is 0 Å². The van der Waals surface area contributed by atoms with Crippen LogP contribution < -0.4 is 16.0 Å². The Labute approximate surface area is 103 Å². The third-order valence-corrected chi connectivity index (χ3v) is 2.89. The van der Waals surface area contributed by atoms with Gasteiger partial charge in [0.1, 0.15) is 5.69 Å². The van der Waals surface area contributed by atoms with E-state index in [1.54, 1.807) is 6.07 Å². The quantitative estimate of drug-likeness (QED) is 0.790. The van der Waals surface area contributed by atoms with Crippen LogP contribution in [0.2, 0.25) is 0 Å². The van der Waals surface area contributed by atoms with Crippen molar-refractivity contribution in [2.24, 2.45) is 0 Å². The van der Waals surface area contributed by atoms with Gasteiger partial charge in [0.05, 0.1) is 17.9 Å². The molecule has 3 N–H and O–H groups in total. The molecule has 1 aromatic heterocycles. The second kappa shape index (κ2) is 3.76. The first-order valence-electron chi connectivity index (χ1n) is 5.51. The van der Waals surface area contributed by atoms with Crippen molar-refractivity contribution < 1.29 is 9.32 Å². The van der Waals surface area contributed by atoms with E-state index in [0.717, 1.165) is 16.9 Å². The number of nitrogen functional groups attached to an aromatic ring is 1. The molecule has 0 aliphatic carbocycles. The van der Waals surface area contributed by atoms with Crippen LogP contribution in [0.3, 0.4) is 0 Å². The summed E-state index contributed by atoms with van der Waals surface area (Å²) in [5, 5.41) is 6.69. The summed E-state index contributed by atoms with van der Waals surface area (Å²) in [7, 11) is 1.87. The molecule has 0 atom stereocenters. The fraction of sp³-hybridized carbons (Fsp3) is 0.167. The Morgan fingerprint density at radius 1 is 1.44 bits per heavy atom. The minimum atomic E-state index is -0.0107. The Bertz CT molecular complexity index is 620. The number of nitrogens with one attached hydrogen (secondary N) is 1. The SMILES string of the molecule is CN1CC(=O)Nc2ccc(-c3cc(N)on3)cc21. The van der Waals surface area contributed by atoms with Crippen LogP contribution in [0.4, 0.5) is 17.3 Å². The summed E-state index contributed by atoms with van der Waals surface area (Å²) < 4.78 is 4.85. The van der Waals surface area contributed by atoms with Crippen molar-refractivity contribution in [3.05, 3.63) is 24.3 Å². The lowest BCUT2D eigenvalue weighted by molar-refractivity contribution is -0.115. The molecular weight excluding hydrogens is 232 g/mol. The highest BCUT2D eigenvalue weighted by atomic mass is 16.5. The van der Waals surface area contributed by atoms with Gasteiger partial charge in [0.25, 0.3) is 0 Å². The molecule has 92 valence electrons. The number of anilines is 3. The van der Waals surface area contributed by atoms with Gasteiger partial charge >= 0.3 is 0 Å². The van der Waals surface area contributed by atoms with Crippen molar-refractivity contribution in [3.63, 3.8) is 0 Å². The number of fused-ring (bicyclic) bond motifs is 1. The van der Waals surface area contributed by atoms with Crippen LogP contribution in [-0.4, -0.2) is 24.7 Å². The van der Waals surface area contributed by atoms with Gasteiger partial charge in [-0.2, -0.15) is 0 Å². The highest BCUT2D eigenvalue weighted by molar-refractivity contribution is 6.01. The van der Waals surface area contributed by atoms with E-state index >= 15 is 0 Å². The molecule has 0 saturated heterocycles. The molecule has 0 fully saturated rings. The number of nitrogens with two attached hydrogens (primary N) is 1. The second-order valence-electron chi connectivity index (χ2n) is 4.25. The molecule has 1 aliphatic rings. The lowest BCUT2D eigenvalue weighted by Crippen LogP contribution is -2.35. The molecule has 3 rings (SSSR count). The third-order valence-electron chi connectivity index (χ3n) is 2.89. The summed E-state index contributed by atoms with van der Waals surface area (Å²) >= 11 is 0. The number of aromatic nitrogens is 1. The van der Waals surface area contributed by atoms with Gasteiger partial charge in [0.2, 0.25) is 11.8 Å². The van der Waals surface area contributed by atoms with Gasteiger partial charge in [-0.05, 0) is 12.1 Å².